The molecule has 1 saturated heterocycles. The summed E-state index contributed by atoms with van der Waals surface area (Å²) >= 11 is 0. The lowest BCUT2D eigenvalue weighted by molar-refractivity contribution is -0.138. The summed E-state index contributed by atoms with van der Waals surface area (Å²) in [6, 6.07) is 0. The molecule has 1 N–H and O–H groups in total. The third kappa shape index (κ3) is 5.20. The Bertz CT molecular complexity index is 1280. The lowest BCUT2D eigenvalue weighted by atomic mass is 10.1. The quantitative estimate of drug-likeness (QED) is 0.468. The molecule has 0 spiro atoms. The van der Waals surface area contributed by atoms with Crippen molar-refractivity contribution in [1.82, 2.24) is 29.6 Å². The average molecular weight is 506 g/mol. The van der Waals surface area contributed by atoms with E-state index in [0.29, 0.717) is 50.6 Å². The van der Waals surface area contributed by atoms with Gasteiger partial charge in [-0.1, -0.05) is 0 Å². The first-order valence-electron chi connectivity index (χ1n) is 11.9. The number of H-pyrrole nitrogens is 1. The lowest BCUT2D eigenvalue weighted by Crippen LogP contribution is -2.49. The number of hydrogen-bond acceptors (Lipinski definition) is 7. The van der Waals surface area contributed by atoms with Gasteiger partial charge >= 0.3 is 6.18 Å². The fourth-order valence-electron chi connectivity index (χ4n) is 4.45. The standard InChI is InChI=1S/C23H26F3N7O3/c24-23(25,26)16-11-27-22(28-12-16)32-6-4-31(5-7-32)19(34)3-9-36-10-8-33-14-17(15-1-2-15)20-18(33)13-29-30-21(20)35/h11-15H,1-10H2,(H,30,35). The smallest absolute Gasteiger partial charge is 0.379 e. The van der Waals surface area contributed by atoms with Crippen LogP contribution in [0.2, 0.25) is 0 Å². The molecule has 10 nitrogen and oxygen atoms in total. The molecule has 1 aliphatic carbocycles. The number of halogens is 3. The van der Waals surface area contributed by atoms with Crippen molar-refractivity contribution in [2.45, 2.75) is 37.9 Å². The van der Waals surface area contributed by atoms with Crippen LogP contribution < -0.4 is 10.5 Å². The molecular formula is C23H26F3N7O3. The predicted octanol–water partition coefficient (Wildman–Crippen LogP) is 2.17. The summed E-state index contributed by atoms with van der Waals surface area (Å²) in [5.74, 6) is 0.612. The van der Waals surface area contributed by atoms with Gasteiger partial charge in [-0.25, -0.2) is 15.1 Å². The Morgan fingerprint density at radius 2 is 1.81 bits per heavy atom. The minimum absolute atomic E-state index is 0.0406. The van der Waals surface area contributed by atoms with E-state index in [1.807, 2.05) is 10.8 Å². The normalized spacial score (nSPS) is 16.6. The third-order valence-electron chi connectivity index (χ3n) is 6.56. The van der Waals surface area contributed by atoms with Gasteiger partial charge in [-0.2, -0.15) is 18.3 Å². The number of carbonyl (C=O) groups excluding carboxylic acids is 1. The van der Waals surface area contributed by atoms with Crippen LogP contribution in [0.5, 0.6) is 0 Å². The molecule has 0 bridgehead atoms. The summed E-state index contributed by atoms with van der Waals surface area (Å²) in [6.07, 6.45) is 3.14. The lowest BCUT2D eigenvalue weighted by Gasteiger charge is -2.34. The van der Waals surface area contributed by atoms with E-state index in [-0.39, 0.29) is 30.4 Å². The maximum atomic E-state index is 12.7. The van der Waals surface area contributed by atoms with Gasteiger partial charge in [0.05, 0.1) is 42.3 Å². The molecule has 0 atom stereocenters. The maximum Gasteiger partial charge on any atom is 0.419 e. The summed E-state index contributed by atoms with van der Waals surface area (Å²) in [5, 5.41) is 7.12. The zero-order valence-corrected chi connectivity index (χ0v) is 19.5. The van der Waals surface area contributed by atoms with E-state index in [0.717, 1.165) is 36.3 Å². The second-order valence-electron chi connectivity index (χ2n) is 9.01. The molecule has 1 amide bonds. The van der Waals surface area contributed by atoms with Crippen LogP contribution in [0.15, 0.2) is 29.6 Å². The van der Waals surface area contributed by atoms with E-state index < -0.39 is 11.7 Å². The summed E-state index contributed by atoms with van der Waals surface area (Å²) in [7, 11) is 0. The van der Waals surface area contributed by atoms with Gasteiger partial charge in [0.2, 0.25) is 11.9 Å². The number of hydrogen-bond donors (Lipinski definition) is 1. The van der Waals surface area contributed by atoms with E-state index in [9.17, 15) is 22.8 Å². The molecule has 0 radical (unpaired) electrons. The molecular weight excluding hydrogens is 479 g/mol. The minimum Gasteiger partial charge on any atom is -0.379 e. The highest BCUT2D eigenvalue weighted by Crippen LogP contribution is 2.42. The minimum atomic E-state index is -4.47. The number of anilines is 1. The van der Waals surface area contributed by atoms with Gasteiger partial charge in [0.15, 0.2) is 0 Å². The number of nitrogens with one attached hydrogen (secondary N) is 1. The van der Waals surface area contributed by atoms with Crippen molar-refractivity contribution in [1.29, 1.82) is 0 Å². The maximum absolute atomic E-state index is 12.7. The van der Waals surface area contributed by atoms with E-state index in [2.05, 4.69) is 20.2 Å². The number of aromatic amines is 1. The topological polar surface area (TPSA) is 109 Å². The zero-order valence-electron chi connectivity index (χ0n) is 19.5. The highest BCUT2D eigenvalue weighted by molar-refractivity contribution is 5.83. The summed E-state index contributed by atoms with van der Waals surface area (Å²) in [5.41, 5.74) is 0.781. The molecule has 3 aromatic rings. The number of alkyl halides is 3. The van der Waals surface area contributed by atoms with Gasteiger partial charge < -0.3 is 19.1 Å². The molecule has 2 fully saturated rings. The van der Waals surface area contributed by atoms with Crippen LogP contribution in [-0.2, 0) is 22.3 Å². The number of nitrogens with zero attached hydrogens (tertiary/aromatic N) is 6. The van der Waals surface area contributed by atoms with E-state index in [1.54, 1.807) is 16.0 Å². The van der Waals surface area contributed by atoms with E-state index in [1.165, 1.54) is 0 Å². The van der Waals surface area contributed by atoms with Crippen molar-refractivity contribution in [3.8, 4) is 0 Å². The largest absolute Gasteiger partial charge is 0.419 e. The SMILES string of the molecule is O=C(CCOCCn1cc(C2CC2)c2c(=O)[nH]ncc21)N1CCN(c2ncc(C(F)(F)F)cn2)CC1. The Labute approximate surface area is 204 Å². The first-order valence-corrected chi connectivity index (χ1v) is 11.9. The van der Waals surface area contributed by atoms with Crippen LogP contribution in [0, 0.1) is 0 Å². The van der Waals surface area contributed by atoms with Crippen LogP contribution >= 0.6 is 0 Å². The Balaban J connectivity index is 1.05. The van der Waals surface area contributed by atoms with Crippen LogP contribution in [-0.4, -0.2) is 74.9 Å². The molecule has 1 aliphatic heterocycles. The van der Waals surface area contributed by atoms with Crippen molar-refractivity contribution in [3.63, 3.8) is 0 Å². The van der Waals surface area contributed by atoms with Crippen molar-refractivity contribution in [2.75, 3.05) is 44.3 Å². The summed E-state index contributed by atoms with van der Waals surface area (Å²) in [4.78, 5) is 35.9. The Morgan fingerprint density at radius 1 is 1.08 bits per heavy atom. The number of amides is 1. The first-order chi connectivity index (χ1) is 17.3. The van der Waals surface area contributed by atoms with Crippen molar-refractivity contribution >= 4 is 22.8 Å². The molecule has 2 aliphatic rings. The summed E-state index contributed by atoms with van der Waals surface area (Å²) in [6.45, 7) is 2.97. The summed E-state index contributed by atoms with van der Waals surface area (Å²) < 4.78 is 45.7. The molecule has 192 valence electrons. The van der Waals surface area contributed by atoms with Crippen LogP contribution in [0.3, 0.4) is 0 Å². The molecule has 1 saturated carbocycles. The highest BCUT2D eigenvalue weighted by Gasteiger charge is 2.32. The fraction of sp³-hybridized carbons (Fsp3) is 0.522. The van der Waals surface area contributed by atoms with Gasteiger partial charge in [0.1, 0.15) is 0 Å². The molecule has 4 heterocycles. The molecule has 36 heavy (non-hydrogen) atoms. The van der Waals surface area contributed by atoms with Crippen LogP contribution in [0.25, 0.3) is 10.9 Å². The van der Waals surface area contributed by atoms with Crippen molar-refractivity contribution < 1.29 is 22.7 Å². The number of piperazine rings is 1. The number of carbonyl (C=O) groups is 1. The van der Waals surface area contributed by atoms with Crippen LogP contribution in [0.1, 0.15) is 36.3 Å². The Morgan fingerprint density at radius 3 is 2.47 bits per heavy atom. The van der Waals surface area contributed by atoms with Crippen LogP contribution in [0.4, 0.5) is 19.1 Å². The average Bonchev–Trinajstić information content (AvgIpc) is 3.65. The molecule has 13 heteroatoms. The molecule has 5 rings (SSSR count). The number of ether oxygens (including phenoxy) is 1. The molecule has 0 unspecified atom stereocenters. The van der Waals surface area contributed by atoms with Gasteiger partial charge in [-0.3, -0.25) is 9.59 Å². The monoisotopic (exact) mass is 505 g/mol. The van der Waals surface area contributed by atoms with E-state index in [4.69, 9.17) is 4.74 Å². The highest BCUT2D eigenvalue weighted by atomic mass is 19.4. The third-order valence-corrected chi connectivity index (χ3v) is 6.56. The number of aromatic nitrogens is 5. The first kappa shape index (κ1) is 24.2. The zero-order chi connectivity index (χ0) is 25.3. The second kappa shape index (κ2) is 9.88. The molecule has 3 aromatic heterocycles. The van der Waals surface area contributed by atoms with Crippen molar-refractivity contribution in [2.24, 2.45) is 0 Å². The Kier molecular flexibility index (Phi) is 6.65. The van der Waals surface area contributed by atoms with Crippen molar-refractivity contribution in [3.05, 3.63) is 46.3 Å². The van der Waals surface area contributed by atoms with Gasteiger partial charge in [0, 0.05) is 51.3 Å². The van der Waals surface area contributed by atoms with Gasteiger partial charge in [-0.15, -0.1) is 0 Å². The number of fused-ring (bicyclic) bond motifs is 1. The van der Waals surface area contributed by atoms with Gasteiger partial charge in [0.25, 0.3) is 5.56 Å². The Hall–Kier alpha value is -3.48. The predicted molar refractivity (Wildman–Crippen MR) is 124 cm³/mol. The second-order valence-corrected chi connectivity index (χ2v) is 9.01. The number of rotatable bonds is 8. The van der Waals surface area contributed by atoms with E-state index >= 15 is 0 Å². The van der Waals surface area contributed by atoms with Gasteiger partial charge in [-0.05, 0) is 24.3 Å². The fourth-order valence-corrected chi connectivity index (χ4v) is 4.45. The molecule has 0 aromatic carbocycles.